The summed E-state index contributed by atoms with van der Waals surface area (Å²) >= 11 is 0. The van der Waals surface area contributed by atoms with E-state index in [4.69, 9.17) is 0 Å². The van der Waals surface area contributed by atoms with Gasteiger partial charge in [-0.05, 0) is 25.1 Å². The number of hydrogen-bond acceptors (Lipinski definition) is 2. The highest BCUT2D eigenvalue weighted by Gasteiger charge is 2.09. The van der Waals surface area contributed by atoms with Gasteiger partial charge in [0.25, 0.3) is 5.56 Å². The van der Waals surface area contributed by atoms with Gasteiger partial charge in [-0.2, -0.15) is 0 Å². The number of rotatable bonds is 6. The predicted octanol–water partition coefficient (Wildman–Crippen LogP) is 3.03. The summed E-state index contributed by atoms with van der Waals surface area (Å²) < 4.78 is 1.91. The molecule has 2 rings (SSSR count). The van der Waals surface area contributed by atoms with Crippen molar-refractivity contribution in [3.05, 3.63) is 58.4 Å². The van der Waals surface area contributed by atoms with Gasteiger partial charge in [-0.25, -0.2) is 0 Å². The summed E-state index contributed by atoms with van der Waals surface area (Å²) in [6.45, 7) is 3.53. The van der Waals surface area contributed by atoms with E-state index in [1.165, 1.54) is 0 Å². The van der Waals surface area contributed by atoms with Crippen molar-refractivity contribution in [1.29, 1.82) is 0 Å². The molecule has 0 aliphatic carbocycles. The minimum atomic E-state index is 0.120. The Morgan fingerprint density at radius 2 is 1.85 bits per heavy atom. The van der Waals surface area contributed by atoms with Crippen LogP contribution in [0.3, 0.4) is 0 Å². The lowest BCUT2D eigenvalue weighted by atomic mass is 10.1. The Bertz CT molecular complexity index is 602. The molecule has 1 aromatic heterocycles. The minimum Gasteiger partial charge on any atom is -0.315 e. The molecule has 0 saturated heterocycles. The molecule has 0 spiro atoms. The van der Waals surface area contributed by atoms with E-state index < -0.39 is 0 Å². The molecule has 106 valence electrons. The Morgan fingerprint density at radius 3 is 2.50 bits per heavy atom. The molecule has 3 nitrogen and oxygen atoms in total. The summed E-state index contributed by atoms with van der Waals surface area (Å²) in [5, 5.41) is 3.05. The SMILES string of the molecule is CCCCn1c(-c2ccccc2)ccc(CNC)c1=O. The van der Waals surface area contributed by atoms with E-state index in [1.54, 1.807) is 0 Å². The smallest absolute Gasteiger partial charge is 0.255 e. The van der Waals surface area contributed by atoms with Crippen LogP contribution >= 0.6 is 0 Å². The standard InChI is InChI=1S/C17H22N2O/c1-3-4-12-19-16(14-8-6-5-7-9-14)11-10-15(13-18-2)17(19)20/h5-11,18H,3-4,12-13H2,1-2H3. The summed E-state index contributed by atoms with van der Waals surface area (Å²) in [5.74, 6) is 0. The summed E-state index contributed by atoms with van der Waals surface area (Å²) in [6, 6.07) is 14.1. The molecular weight excluding hydrogens is 248 g/mol. The molecule has 1 aromatic carbocycles. The van der Waals surface area contributed by atoms with E-state index in [-0.39, 0.29) is 5.56 Å². The van der Waals surface area contributed by atoms with E-state index in [1.807, 2.05) is 35.9 Å². The summed E-state index contributed by atoms with van der Waals surface area (Å²) in [6.07, 6.45) is 2.10. The van der Waals surface area contributed by atoms with Crippen molar-refractivity contribution >= 4 is 0 Å². The molecule has 0 saturated carbocycles. The highest BCUT2D eigenvalue weighted by atomic mass is 16.1. The van der Waals surface area contributed by atoms with Crippen LogP contribution in [-0.2, 0) is 13.1 Å². The number of nitrogens with zero attached hydrogens (tertiary/aromatic N) is 1. The molecule has 0 radical (unpaired) electrons. The van der Waals surface area contributed by atoms with Crippen LogP contribution in [0.25, 0.3) is 11.3 Å². The number of pyridine rings is 1. The van der Waals surface area contributed by atoms with Crippen LogP contribution in [0.5, 0.6) is 0 Å². The van der Waals surface area contributed by atoms with Crippen LogP contribution in [-0.4, -0.2) is 11.6 Å². The first-order chi connectivity index (χ1) is 9.77. The van der Waals surface area contributed by atoms with E-state index in [2.05, 4.69) is 30.4 Å². The van der Waals surface area contributed by atoms with E-state index in [0.29, 0.717) is 6.54 Å². The number of unbranched alkanes of at least 4 members (excludes halogenated alkanes) is 1. The van der Waals surface area contributed by atoms with Crippen molar-refractivity contribution in [2.45, 2.75) is 32.9 Å². The quantitative estimate of drug-likeness (QED) is 0.875. The number of aromatic nitrogens is 1. The second-order valence-corrected chi connectivity index (χ2v) is 4.95. The monoisotopic (exact) mass is 270 g/mol. The molecule has 0 aliphatic heterocycles. The van der Waals surface area contributed by atoms with Gasteiger partial charge >= 0.3 is 0 Å². The van der Waals surface area contributed by atoms with Gasteiger partial charge in [-0.1, -0.05) is 49.7 Å². The molecule has 0 unspecified atom stereocenters. The fraction of sp³-hybridized carbons (Fsp3) is 0.353. The van der Waals surface area contributed by atoms with Gasteiger partial charge in [-0.15, -0.1) is 0 Å². The molecule has 0 fully saturated rings. The van der Waals surface area contributed by atoms with Crippen molar-refractivity contribution in [1.82, 2.24) is 9.88 Å². The van der Waals surface area contributed by atoms with Gasteiger partial charge in [0.15, 0.2) is 0 Å². The second-order valence-electron chi connectivity index (χ2n) is 4.95. The van der Waals surface area contributed by atoms with Gasteiger partial charge in [0.1, 0.15) is 0 Å². The van der Waals surface area contributed by atoms with Crippen LogP contribution in [0.2, 0.25) is 0 Å². The van der Waals surface area contributed by atoms with Gasteiger partial charge in [0, 0.05) is 18.7 Å². The second kappa shape index (κ2) is 7.06. The molecule has 0 atom stereocenters. The highest BCUT2D eigenvalue weighted by Crippen LogP contribution is 2.18. The maximum Gasteiger partial charge on any atom is 0.255 e. The van der Waals surface area contributed by atoms with Crippen molar-refractivity contribution in [3.8, 4) is 11.3 Å². The van der Waals surface area contributed by atoms with Crippen molar-refractivity contribution in [2.24, 2.45) is 0 Å². The lowest BCUT2D eigenvalue weighted by Crippen LogP contribution is -2.27. The Morgan fingerprint density at radius 1 is 1.10 bits per heavy atom. The fourth-order valence-electron chi connectivity index (χ4n) is 2.35. The minimum absolute atomic E-state index is 0.120. The first-order valence-electron chi connectivity index (χ1n) is 7.20. The molecular formula is C17H22N2O. The molecule has 0 amide bonds. The topological polar surface area (TPSA) is 34.0 Å². The number of nitrogens with one attached hydrogen (secondary N) is 1. The Labute approximate surface area is 120 Å². The van der Waals surface area contributed by atoms with Gasteiger partial charge < -0.3 is 9.88 Å². The van der Waals surface area contributed by atoms with Crippen LogP contribution in [0.1, 0.15) is 25.3 Å². The number of benzene rings is 1. The maximum absolute atomic E-state index is 12.6. The molecule has 20 heavy (non-hydrogen) atoms. The van der Waals surface area contributed by atoms with Crippen LogP contribution in [0, 0.1) is 0 Å². The molecule has 0 aliphatic rings. The Kier molecular flexibility index (Phi) is 5.13. The zero-order valence-corrected chi connectivity index (χ0v) is 12.2. The fourth-order valence-corrected chi connectivity index (χ4v) is 2.35. The molecule has 0 bridgehead atoms. The first kappa shape index (κ1) is 14.5. The van der Waals surface area contributed by atoms with Crippen LogP contribution in [0.4, 0.5) is 0 Å². The van der Waals surface area contributed by atoms with Crippen LogP contribution in [0.15, 0.2) is 47.3 Å². The third-order valence-corrected chi connectivity index (χ3v) is 3.43. The maximum atomic E-state index is 12.6. The largest absolute Gasteiger partial charge is 0.315 e. The van der Waals surface area contributed by atoms with E-state index in [0.717, 1.165) is 36.2 Å². The average Bonchev–Trinajstić information content (AvgIpc) is 2.49. The molecule has 1 heterocycles. The third kappa shape index (κ3) is 3.17. The summed E-state index contributed by atoms with van der Waals surface area (Å²) in [4.78, 5) is 12.6. The van der Waals surface area contributed by atoms with Gasteiger partial charge in [0.2, 0.25) is 0 Å². The normalized spacial score (nSPS) is 10.7. The third-order valence-electron chi connectivity index (χ3n) is 3.43. The zero-order chi connectivity index (χ0) is 14.4. The van der Waals surface area contributed by atoms with E-state index in [9.17, 15) is 4.79 Å². The Balaban J connectivity index is 2.51. The van der Waals surface area contributed by atoms with Crippen LogP contribution < -0.4 is 10.9 Å². The van der Waals surface area contributed by atoms with Gasteiger partial charge in [0.05, 0.1) is 5.69 Å². The lowest BCUT2D eigenvalue weighted by Gasteiger charge is -2.14. The summed E-state index contributed by atoms with van der Waals surface area (Å²) in [5.41, 5.74) is 3.04. The van der Waals surface area contributed by atoms with Crippen molar-refractivity contribution in [2.75, 3.05) is 7.05 Å². The molecule has 3 heteroatoms. The number of hydrogen-bond donors (Lipinski definition) is 1. The first-order valence-corrected chi connectivity index (χ1v) is 7.20. The predicted molar refractivity (Wildman–Crippen MR) is 83.8 cm³/mol. The van der Waals surface area contributed by atoms with E-state index >= 15 is 0 Å². The lowest BCUT2D eigenvalue weighted by molar-refractivity contribution is 0.610. The zero-order valence-electron chi connectivity index (χ0n) is 12.2. The van der Waals surface area contributed by atoms with Gasteiger partial charge in [-0.3, -0.25) is 4.79 Å². The van der Waals surface area contributed by atoms with Crippen molar-refractivity contribution in [3.63, 3.8) is 0 Å². The Hall–Kier alpha value is -1.87. The average molecular weight is 270 g/mol. The molecule has 2 aromatic rings. The highest BCUT2D eigenvalue weighted by molar-refractivity contribution is 5.59. The summed E-state index contributed by atoms with van der Waals surface area (Å²) in [7, 11) is 1.86. The van der Waals surface area contributed by atoms with Crippen molar-refractivity contribution < 1.29 is 0 Å². The molecule has 1 N–H and O–H groups in total.